The molecule has 0 atom stereocenters. The Kier molecular flexibility index (Phi) is 8.19. The number of anilines is 3. The van der Waals surface area contributed by atoms with Gasteiger partial charge in [-0.25, -0.2) is 0 Å². The summed E-state index contributed by atoms with van der Waals surface area (Å²) in [6.45, 7) is 0. The minimum atomic E-state index is 1.09. The van der Waals surface area contributed by atoms with E-state index in [1.807, 2.05) is 0 Å². The van der Waals surface area contributed by atoms with E-state index in [9.17, 15) is 0 Å². The first kappa shape index (κ1) is 33.6. The molecular weight excluding hydrogens is 701 g/mol. The zero-order valence-electron chi connectivity index (χ0n) is 31.8. The number of hydrogen-bond donors (Lipinski definition) is 0. The summed E-state index contributed by atoms with van der Waals surface area (Å²) in [5, 5.41) is 7.55. The number of fused-ring (bicyclic) bond motifs is 5. The van der Waals surface area contributed by atoms with Gasteiger partial charge < -0.3 is 9.47 Å². The Morgan fingerprint density at radius 3 is 1.26 bits per heavy atom. The van der Waals surface area contributed by atoms with Crippen LogP contribution in [0.5, 0.6) is 0 Å². The molecule has 1 aromatic heterocycles. The normalized spacial score (nSPS) is 11.4. The van der Waals surface area contributed by atoms with Gasteiger partial charge in [0.1, 0.15) is 0 Å². The third-order valence-corrected chi connectivity index (χ3v) is 11.6. The van der Waals surface area contributed by atoms with Crippen molar-refractivity contribution >= 4 is 60.4 Å². The van der Waals surface area contributed by atoms with Gasteiger partial charge in [0.25, 0.3) is 0 Å². The summed E-state index contributed by atoms with van der Waals surface area (Å²) in [5.74, 6) is 0. The number of aromatic nitrogens is 1. The maximum absolute atomic E-state index is 2.37. The summed E-state index contributed by atoms with van der Waals surface area (Å²) in [4.78, 5) is 2.36. The number of rotatable bonds is 7. The van der Waals surface area contributed by atoms with E-state index in [1.165, 1.54) is 76.7 Å². The highest BCUT2D eigenvalue weighted by atomic mass is 15.1. The predicted molar refractivity (Wildman–Crippen MR) is 247 cm³/mol. The second-order valence-electron chi connectivity index (χ2n) is 14.9. The van der Waals surface area contributed by atoms with Gasteiger partial charge in [-0.15, -0.1) is 0 Å². The fraction of sp³-hybridized carbons (Fsp3) is 0. The highest BCUT2D eigenvalue weighted by molar-refractivity contribution is 6.09. The second-order valence-corrected chi connectivity index (χ2v) is 14.9. The van der Waals surface area contributed by atoms with Gasteiger partial charge in [-0.1, -0.05) is 164 Å². The van der Waals surface area contributed by atoms with E-state index in [4.69, 9.17) is 0 Å². The van der Waals surface area contributed by atoms with E-state index in [1.54, 1.807) is 0 Å². The highest BCUT2D eigenvalue weighted by Crippen LogP contribution is 2.40. The highest BCUT2D eigenvalue weighted by Gasteiger charge is 2.16. The van der Waals surface area contributed by atoms with E-state index in [2.05, 4.69) is 240 Å². The van der Waals surface area contributed by atoms with Crippen molar-refractivity contribution in [2.24, 2.45) is 0 Å². The van der Waals surface area contributed by atoms with E-state index in [-0.39, 0.29) is 0 Å². The lowest BCUT2D eigenvalue weighted by atomic mass is 9.95. The van der Waals surface area contributed by atoms with Crippen LogP contribution in [0.1, 0.15) is 0 Å². The first-order valence-corrected chi connectivity index (χ1v) is 19.9. The standard InChI is InChI=1S/C56H38N2/c1-3-18-49-40(12-1)14-10-22-51(49)42-28-32-46(33-29-42)57(47-34-36-48(37-35-47)58-55-24-7-5-20-53(55)54-21-6-8-25-56(54)58)45-30-26-39(27-31-45)43-16-9-17-44(38-43)52-23-11-15-41-13-2-4-19-50(41)52/h1-38H. The van der Waals surface area contributed by atoms with Gasteiger partial charge in [0.05, 0.1) is 11.0 Å². The van der Waals surface area contributed by atoms with Crippen molar-refractivity contribution in [3.63, 3.8) is 0 Å². The van der Waals surface area contributed by atoms with Crippen LogP contribution in [0.15, 0.2) is 231 Å². The molecule has 0 aliphatic rings. The van der Waals surface area contributed by atoms with Gasteiger partial charge in [-0.3, -0.25) is 0 Å². The van der Waals surface area contributed by atoms with Gasteiger partial charge in [-0.2, -0.15) is 0 Å². The smallest absolute Gasteiger partial charge is 0.0541 e. The molecule has 2 nitrogen and oxygen atoms in total. The number of benzene rings is 10. The summed E-state index contributed by atoms with van der Waals surface area (Å²) in [6.07, 6.45) is 0. The molecule has 0 radical (unpaired) electrons. The second kappa shape index (κ2) is 14.1. The third-order valence-electron chi connectivity index (χ3n) is 11.6. The Balaban J connectivity index is 0.991. The number of para-hydroxylation sites is 2. The minimum Gasteiger partial charge on any atom is -0.311 e. The topological polar surface area (TPSA) is 8.17 Å². The molecule has 0 bridgehead atoms. The van der Waals surface area contributed by atoms with Crippen LogP contribution in [0, 0.1) is 0 Å². The fourth-order valence-corrected chi connectivity index (χ4v) is 8.81. The van der Waals surface area contributed by atoms with Crippen LogP contribution in [0.3, 0.4) is 0 Å². The lowest BCUT2D eigenvalue weighted by Crippen LogP contribution is -2.10. The van der Waals surface area contributed by atoms with Crippen LogP contribution in [0.2, 0.25) is 0 Å². The van der Waals surface area contributed by atoms with E-state index >= 15 is 0 Å². The average molecular weight is 739 g/mol. The van der Waals surface area contributed by atoms with Crippen LogP contribution in [0.25, 0.3) is 82.4 Å². The van der Waals surface area contributed by atoms with Crippen molar-refractivity contribution in [3.8, 4) is 39.1 Å². The predicted octanol–water partition coefficient (Wildman–Crippen LogP) is 15.6. The molecule has 0 unspecified atom stereocenters. The van der Waals surface area contributed by atoms with Crippen molar-refractivity contribution in [1.29, 1.82) is 0 Å². The molecule has 11 rings (SSSR count). The maximum atomic E-state index is 2.37. The molecule has 0 spiro atoms. The lowest BCUT2D eigenvalue weighted by molar-refractivity contribution is 1.17. The molecule has 0 aliphatic carbocycles. The Morgan fingerprint density at radius 1 is 0.276 bits per heavy atom. The van der Waals surface area contributed by atoms with Crippen LogP contribution < -0.4 is 4.90 Å². The number of nitrogens with zero attached hydrogens (tertiary/aromatic N) is 2. The summed E-state index contributed by atoms with van der Waals surface area (Å²) < 4.78 is 2.37. The van der Waals surface area contributed by atoms with Gasteiger partial charge in [-0.05, 0) is 122 Å². The van der Waals surface area contributed by atoms with Crippen molar-refractivity contribution < 1.29 is 0 Å². The Hall–Kier alpha value is -7.68. The Morgan fingerprint density at radius 2 is 0.690 bits per heavy atom. The average Bonchev–Trinajstić information content (AvgIpc) is 3.64. The van der Waals surface area contributed by atoms with Gasteiger partial charge in [0.2, 0.25) is 0 Å². The molecule has 0 amide bonds. The molecule has 0 aliphatic heterocycles. The minimum absolute atomic E-state index is 1.09. The molecule has 272 valence electrons. The molecule has 0 fully saturated rings. The summed E-state index contributed by atoms with van der Waals surface area (Å²) >= 11 is 0. The van der Waals surface area contributed by atoms with Crippen LogP contribution in [-0.2, 0) is 0 Å². The first-order valence-electron chi connectivity index (χ1n) is 19.9. The Labute approximate surface area is 338 Å². The van der Waals surface area contributed by atoms with Crippen LogP contribution in [-0.4, -0.2) is 4.57 Å². The van der Waals surface area contributed by atoms with Gasteiger partial charge in [0.15, 0.2) is 0 Å². The zero-order chi connectivity index (χ0) is 38.4. The molecule has 58 heavy (non-hydrogen) atoms. The largest absolute Gasteiger partial charge is 0.311 e. The zero-order valence-corrected chi connectivity index (χ0v) is 31.8. The maximum Gasteiger partial charge on any atom is 0.0541 e. The monoisotopic (exact) mass is 738 g/mol. The third kappa shape index (κ3) is 5.82. The molecule has 0 saturated carbocycles. The lowest BCUT2D eigenvalue weighted by Gasteiger charge is -2.26. The molecule has 0 N–H and O–H groups in total. The van der Waals surface area contributed by atoms with Crippen molar-refractivity contribution in [3.05, 3.63) is 231 Å². The summed E-state index contributed by atoms with van der Waals surface area (Å²) in [5.41, 5.74) is 14.1. The Bertz CT molecular complexity index is 3200. The quantitative estimate of drug-likeness (QED) is 0.158. The summed E-state index contributed by atoms with van der Waals surface area (Å²) in [7, 11) is 0. The molecule has 2 heteroatoms. The van der Waals surface area contributed by atoms with Gasteiger partial charge >= 0.3 is 0 Å². The fourth-order valence-electron chi connectivity index (χ4n) is 8.81. The van der Waals surface area contributed by atoms with Crippen molar-refractivity contribution in [1.82, 2.24) is 4.57 Å². The van der Waals surface area contributed by atoms with Crippen molar-refractivity contribution in [2.45, 2.75) is 0 Å². The molecule has 0 saturated heterocycles. The van der Waals surface area contributed by atoms with Crippen LogP contribution in [0.4, 0.5) is 17.1 Å². The first-order chi connectivity index (χ1) is 28.8. The molecule has 1 heterocycles. The molecule has 11 aromatic rings. The van der Waals surface area contributed by atoms with Crippen molar-refractivity contribution in [2.75, 3.05) is 4.90 Å². The van der Waals surface area contributed by atoms with Gasteiger partial charge in [0, 0.05) is 33.5 Å². The van der Waals surface area contributed by atoms with E-state index < -0.39 is 0 Å². The molecular formula is C56H38N2. The van der Waals surface area contributed by atoms with Crippen LogP contribution >= 0.6 is 0 Å². The number of hydrogen-bond acceptors (Lipinski definition) is 1. The van der Waals surface area contributed by atoms with E-state index in [0.717, 1.165) is 22.7 Å². The SMILES string of the molecule is c1cc(-c2ccc(N(c3ccc(-c4cccc5ccccc45)cc3)c3ccc(-n4c5ccccc5c5ccccc54)cc3)cc2)cc(-c2cccc3ccccc23)c1. The summed E-state index contributed by atoms with van der Waals surface area (Å²) in [6, 6.07) is 83.6. The molecule has 10 aromatic carbocycles. The van der Waals surface area contributed by atoms with E-state index in [0.29, 0.717) is 0 Å².